The van der Waals surface area contributed by atoms with Crippen LogP contribution in [0.5, 0.6) is 0 Å². The van der Waals surface area contributed by atoms with Crippen molar-refractivity contribution in [3.63, 3.8) is 0 Å². The van der Waals surface area contributed by atoms with Gasteiger partial charge in [0.15, 0.2) is 0 Å². The molecule has 0 spiro atoms. The number of carbonyl (C=O) groups excluding carboxylic acids is 1. The van der Waals surface area contributed by atoms with Crippen molar-refractivity contribution in [1.82, 2.24) is 0 Å². The third-order valence-corrected chi connectivity index (χ3v) is 3.79. The molecule has 0 heterocycles. The molecule has 1 aliphatic carbocycles. The van der Waals surface area contributed by atoms with Gasteiger partial charge in [-0.3, -0.25) is 4.79 Å². The van der Waals surface area contributed by atoms with Gasteiger partial charge < -0.3 is 9.84 Å². The number of carbonyl (C=O) groups is 2. The Bertz CT molecular complexity index is 453. The summed E-state index contributed by atoms with van der Waals surface area (Å²) in [6.45, 7) is 3.96. The van der Waals surface area contributed by atoms with Crippen LogP contribution in [0.15, 0.2) is 11.1 Å². The first kappa shape index (κ1) is 16.5. The molecule has 7 heteroatoms. The topological polar surface area (TPSA) is 63.6 Å². The smallest absolute Gasteiger partial charge is 0.395 e. The molecule has 0 aromatic rings. The SMILES string of the molecule is CCOC(=O)C1=C(C)CC(C)(C(F)(F)F)C(C(=O)O)C1. The highest BCUT2D eigenvalue weighted by Gasteiger charge is 2.60. The Morgan fingerprint density at radius 3 is 2.40 bits per heavy atom. The lowest BCUT2D eigenvalue weighted by Crippen LogP contribution is -2.48. The number of aliphatic carboxylic acids is 1. The van der Waals surface area contributed by atoms with Crippen LogP contribution < -0.4 is 0 Å². The van der Waals surface area contributed by atoms with Crippen LogP contribution in [0.1, 0.15) is 33.6 Å². The maximum absolute atomic E-state index is 13.2. The number of rotatable bonds is 3. The summed E-state index contributed by atoms with van der Waals surface area (Å²) in [7, 11) is 0. The number of ether oxygens (including phenoxy) is 1. The van der Waals surface area contributed by atoms with E-state index in [-0.39, 0.29) is 17.8 Å². The molecule has 0 bridgehead atoms. The first-order chi connectivity index (χ1) is 9.04. The van der Waals surface area contributed by atoms with Crippen molar-refractivity contribution in [2.24, 2.45) is 11.3 Å². The Morgan fingerprint density at radius 1 is 1.45 bits per heavy atom. The van der Waals surface area contributed by atoms with Crippen LogP contribution >= 0.6 is 0 Å². The number of hydrogen-bond acceptors (Lipinski definition) is 3. The Hall–Kier alpha value is -1.53. The number of allylic oxidation sites excluding steroid dienone is 1. The van der Waals surface area contributed by atoms with Gasteiger partial charge in [-0.2, -0.15) is 13.2 Å². The highest BCUT2D eigenvalue weighted by atomic mass is 19.4. The number of carboxylic acid groups (broad SMARTS) is 1. The van der Waals surface area contributed by atoms with Gasteiger partial charge in [-0.05, 0) is 33.6 Å². The van der Waals surface area contributed by atoms with Gasteiger partial charge >= 0.3 is 18.1 Å². The lowest BCUT2D eigenvalue weighted by molar-refractivity contribution is -0.240. The number of esters is 1. The summed E-state index contributed by atoms with van der Waals surface area (Å²) in [4.78, 5) is 22.9. The second-order valence-electron chi connectivity index (χ2n) is 5.17. The molecule has 20 heavy (non-hydrogen) atoms. The van der Waals surface area contributed by atoms with E-state index in [0.717, 1.165) is 6.92 Å². The Balaban J connectivity index is 3.24. The summed E-state index contributed by atoms with van der Waals surface area (Å²) in [6, 6.07) is 0. The predicted octanol–water partition coefficient (Wildman–Crippen LogP) is 2.93. The van der Waals surface area contributed by atoms with Gasteiger partial charge in [0.2, 0.25) is 0 Å². The van der Waals surface area contributed by atoms with Gasteiger partial charge in [-0.25, -0.2) is 4.79 Å². The van der Waals surface area contributed by atoms with Crippen molar-refractivity contribution in [1.29, 1.82) is 0 Å². The summed E-state index contributed by atoms with van der Waals surface area (Å²) < 4.78 is 44.3. The zero-order valence-electron chi connectivity index (χ0n) is 11.5. The molecule has 4 nitrogen and oxygen atoms in total. The third kappa shape index (κ3) is 2.81. The molecule has 0 saturated carbocycles. The Labute approximate surface area is 114 Å². The average molecular weight is 294 g/mol. The standard InChI is InChI=1S/C13H17F3O4/c1-4-20-11(19)8-5-9(10(17)18)12(3,6-7(8)2)13(14,15)16/h9H,4-6H2,1-3H3,(H,17,18). The quantitative estimate of drug-likeness (QED) is 0.813. The predicted molar refractivity (Wildman–Crippen MR) is 63.9 cm³/mol. The van der Waals surface area contributed by atoms with Crippen LogP contribution in [-0.4, -0.2) is 29.8 Å². The van der Waals surface area contributed by atoms with Crippen LogP contribution in [0.2, 0.25) is 0 Å². The van der Waals surface area contributed by atoms with Gasteiger partial charge in [0.25, 0.3) is 0 Å². The van der Waals surface area contributed by atoms with Crippen molar-refractivity contribution < 1.29 is 32.6 Å². The zero-order chi connectivity index (χ0) is 15.7. The molecule has 0 saturated heterocycles. The maximum Gasteiger partial charge on any atom is 0.395 e. The van der Waals surface area contributed by atoms with E-state index in [0.29, 0.717) is 0 Å². The van der Waals surface area contributed by atoms with Crippen molar-refractivity contribution in [2.45, 2.75) is 39.8 Å². The summed E-state index contributed by atoms with van der Waals surface area (Å²) in [5.41, 5.74) is -2.10. The van der Waals surface area contributed by atoms with Gasteiger partial charge in [-0.15, -0.1) is 0 Å². The van der Waals surface area contributed by atoms with Gasteiger partial charge in [0.1, 0.15) is 0 Å². The average Bonchev–Trinajstić information content (AvgIpc) is 2.27. The lowest BCUT2D eigenvalue weighted by Gasteiger charge is -2.41. The fourth-order valence-electron chi connectivity index (χ4n) is 2.52. The van der Waals surface area contributed by atoms with Gasteiger partial charge in [-0.1, -0.05) is 5.57 Å². The molecule has 0 amide bonds. The molecule has 0 fully saturated rings. The van der Waals surface area contributed by atoms with Crippen LogP contribution in [0.3, 0.4) is 0 Å². The molecular weight excluding hydrogens is 277 g/mol. The van der Waals surface area contributed by atoms with E-state index in [1.54, 1.807) is 6.92 Å². The minimum atomic E-state index is -4.66. The number of alkyl halides is 3. The van der Waals surface area contributed by atoms with Gasteiger partial charge in [0, 0.05) is 5.57 Å². The molecule has 1 aliphatic rings. The zero-order valence-corrected chi connectivity index (χ0v) is 11.5. The number of hydrogen-bond donors (Lipinski definition) is 1. The normalized spacial score (nSPS) is 27.4. The van der Waals surface area contributed by atoms with E-state index >= 15 is 0 Å². The second kappa shape index (κ2) is 5.46. The largest absolute Gasteiger partial charge is 0.481 e. The van der Waals surface area contributed by atoms with E-state index in [4.69, 9.17) is 9.84 Å². The Kier molecular flexibility index (Phi) is 4.51. The third-order valence-electron chi connectivity index (χ3n) is 3.79. The van der Waals surface area contributed by atoms with E-state index in [1.165, 1.54) is 6.92 Å². The molecule has 0 aromatic heterocycles. The summed E-state index contributed by atoms with van der Waals surface area (Å²) >= 11 is 0. The van der Waals surface area contributed by atoms with Crippen LogP contribution in [0.4, 0.5) is 13.2 Å². The van der Waals surface area contributed by atoms with Crippen molar-refractivity contribution in [2.75, 3.05) is 6.61 Å². The molecule has 1 rings (SSSR count). The molecule has 0 aromatic carbocycles. The fraction of sp³-hybridized carbons (Fsp3) is 0.692. The summed E-state index contributed by atoms with van der Waals surface area (Å²) in [6.07, 6.45) is -5.63. The van der Waals surface area contributed by atoms with Gasteiger partial charge in [0.05, 0.1) is 17.9 Å². The highest BCUT2D eigenvalue weighted by molar-refractivity contribution is 5.91. The van der Waals surface area contributed by atoms with Crippen LogP contribution in [-0.2, 0) is 14.3 Å². The minimum absolute atomic E-state index is 0.0426. The molecule has 0 aliphatic heterocycles. The molecule has 2 unspecified atom stereocenters. The lowest BCUT2D eigenvalue weighted by atomic mass is 9.65. The first-order valence-corrected chi connectivity index (χ1v) is 6.19. The molecule has 2 atom stereocenters. The highest BCUT2D eigenvalue weighted by Crippen LogP contribution is 2.53. The van der Waals surface area contributed by atoms with E-state index in [2.05, 4.69) is 0 Å². The van der Waals surface area contributed by atoms with E-state index in [9.17, 15) is 22.8 Å². The van der Waals surface area contributed by atoms with Crippen LogP contribution in [0.25, 0.3) is 0 Å². The maximum atomic E-state index is 13.2. The molecule has 114 valence electrons. The monoisotopic (exact) mass is 294 g/mol. The summed E-state index contributed by atoms with van der Waals surface area (Å²) in [5.74, 6) is -3.98. The Morgan fingerprint density at radius 2 is 2.00 bits per heavy atom. The molecular formula is C13H17F3O4. The first-order valence-electron chi connectivity index (χ1n) is 6.19. The van der Waals surface area contributed by atoms with E-state index in [1.807, 2.05) is 0 Å². The van der Waals surface area contributed by atoms with Crippen molar-refractivity contribution >= 4 is 11.9 Å². The minimum Gasteiger partial charge on any atom is -0.481 e. The van der Waals surface area contributed by atoms with Crippen molar-refractivity contribution in [3.8, 4) is 0 Å². The number of halogens is 3. The fourth-order valence-corrected chi connectivity index (χ4v) is 2.52. The van der Waals surface area contributed by atoms with Crippen LogP contribution in [0, 0.1) is 11.3 Å². The van der Waals surface area contributed by atoms with E-state index < -0.39 is 42.3 Å². The second-order valence-corrected chi connectivity index (χ2v) is 5.17. The molecule has 0 radical (unpaired) electrons. The summed E-state index contributed by atoms with van der Waals surface area (Å²) in [5, 5.41) is 9.08. The van der Waals surface area contributed by atoms with Crippen molar-refractivity contribution in [3.05, 3.63) is 11.1 Å². The number of carboxylic acids is 1. The molecule has 1 N–H and O–H groups in total.